The average molecular weight is 215 g/mol. The molecule has 0 aromatic rings. The third kappa shape index (κ3) is 2.92. The van der Waals surface area contributed by atoms with Crippen molar-refractivity contribution >= 4 is 5.91 Å². The van der Waals surface area contributed by atoms with Crippen LogP contribution in [0.15, 0.2) is 0 Å². The van der Waals surface area contributed by atoms with Crippen LogP contribution in [0, 0.1) is 5.41 Å². The van der Waals surface area contributed by atoms with Gasteiger partial charge in [0.2, 0.25) is 5.91 Å². The lowest BCUT2D eigenvalue weighted by molar-refractivity contribution is -0.129. The SMILES string of the molecule is CC(O)CCC(=O)NC1CC(O)C1(C)C. The molecule has 3 atom stereocenters. The largest absolute Gasteiger partial charge is 0.393 e. The molecule has 1 amide bonds. The van der Waals surface area contributed by atoms with Crippen molar-refractivity contribution in [1.82, 2.24) is 5.32 Å². The molecule has 1 saturated carbocycles. The van der Waals surface area contributed by atoms with E-state index in [1.165, 1.54) is 0 Å². The summed E-state index contributed by atoms with van der Waals surface area (Å²) in [4.78, 5) is 11.4. The smallest absolute Gasteiger partial charge is 0.220 e. The van der Waals surface area contributed by atoms with E-state index in [0.717, 1.165) is 0 Å². The van der Waals surface area contributed by atoms with E-state index in [2.05, 4.69) is 5.32 Å². The van der Waals surface area contributed by atoms with E-state index in [0.29, 0.717) is 19.3 Å². The fraction of sp³-hybridized carbons (Fsp3) is 0.909. The van der Waals surface area contributed by atoms with Crippen LogP contribution in [0.25, 0.3) is 0 Å². The fourth-order valence-electron chi connectivity index (χ4n) is 1.75. The zero-order valence-corrected chi connectivity index (χ0v) is 9.66. The number of hydrogen-bond donors (Lipinski definition) is 3. The van der Waals surface area contributed by atoms with Crippen LogP contribution < -0.4 is 5.32 Å². The normalized spacial score (nSPS) is 30.5. The number of rotatable bonds is 4. The highest BCUT2D eigenvalue weighted by Crippen LogP contribution is 2.40. The maximum Gasteiger partial charge on any atom is 0.220 e. The van der Waals surface area contributed by atoms with Gasteiger partial charge in [-0.05, 0) is 19.8 Å². The first-order valence-corrected chi connectivity index (χ1v) is 5.49. The zero-order valence-electron chi connectivity index (χ0n) is 9.66. The minimum absolute atomic E-state index is 0.0409. The van der Waals surface area contributed by atoms with Crippen molar-refractivity contribution in [2.45, 2.75) is 58.3 Å². The molecule has 0 saturated heterocycles. The molecule has 0 aromatic carbocycles. The molecule has 0 aliphatic heterocycles. The van der Waals surface area contributed by atoms with E-state index in [1.807, 2.05) is 13.8 Å². The summed E-state index contributed by atoms with van der Waals surface area (Å²) in [6, 6.07) is 0.0639. The molecule has 88 valence electrons. The predicted octanol–water partition coefficient (Wildman–Crippen LogP) is 0.423. The Bertz CT molecular complexity index is 238. The summed E-state index contributed by atoms with van der Waals surface area (Å²) in [7, 11) is 0. The van der Waals surface area contributed by atoms with Gasteiger partial charge in [0, 0.05) is 17.9 Å². The van der Waals surface area contributed by atoms with E-state index in [4.69, 9.17) is 5.11 Å². The van der Waals surface area contributed by atoms with Gasteiger partial charge >= 0.3 is 0 Å². The Hall–Kier alpha value is -0.610. The van der Waals surface area contributed by atoms with Crippen LogP contribution >= 0.6 is 0 Å². The second-order valence-corrected chi connectivity index (χ2v) is 5.08. The van der Waals surface area contributed by atoms with E-state index >= 15 is 0 Å². The third-order valence-electron chi connectivity index (χ3n) is 3.34. The van der Waals surface area contributed by atoms with Crippen molar-refractivity contribution in [2.75, 3.05) is 0 Å². The quantitative estimate of drug-likeness (QED) is 0.636. The van der Waals surface area contributed by atoms with Crippen LogP contribution in [0.1, 0.15) is 40.0 Å². The molecule has 0 aromatic heterocycles. The number of amides is 1. The first-order chi connectivity index (χ1) is 6.84. The minimum Gasteiger partial charge on any atom is -0.393 e. The Labute approximate surface area is 90.7 Å². The second kappa shape index (κ2) is 4.49. The molecular weight excluding hydrogens is 194 g/mol. The first-order valence-electron chi connectivity index (χ1n) is 5.49. The van der Waals surface area contributed by atoms with Crippen LogP contribution in [0.3, 0.4) is 0 Å². The molecule has 0 radical (unpaired) electrons. The molecule has 3 unspecified atom stereocenters. The summed E-state index contributed by atoms with van der Waals surface area (Å²) in [5, 5.41) is 21.4. The third-order valence-corrected chi connectivity index (χ3v) is 3.34. The Morgan fingerprint density at radius 1 is 1.60 bits per heavy atom. The van der Waals surface area contributed by atoms with Crippen LogP contribution in [0.4, 0.5) is 0 Å². The van der Waals surface area contributed by atoms with Gasteiger partial charge in [0.25, 0.3) is 0 Å². The van der Waals surface area contributed by atoms with Crippen molar-refractivity contribution in [3.05, 3.63) is 0 Å². The number of nitrogens with one attached hydrogen (secondary N) is 1. The van der Waals surface area contributed by atoms with Gasteiger partial charge in [0.15, 0.2) is 0 Å². The Balaban J connectivity index is 2.28. The maximum absolute atomic E-state index is 11.4. The van der Waals surface area contributed by atoms with Gasteiger partial charge in [0.05, 0.1) is 12.2 Å². The monoisotopic (exact) mass is 215 g/mol. The lowest BCUT2D eigenvalue weighted by Crippen LogP contribution is -2.61. The Morgan fingerprint density at radius 3 is 2.60 bits per heavy atom. The molecule has 3 N–H and O–H groups in total. The molecule has 0 bridgehead atoms. The van der Waals surface area contributed by atoms with E-state index < -0.39 is 6.10 Å². The number of carbonyl (C=O) groups excluding carboxylic acids is 1. The average Bonchev–Trinajstić information content (AvgIpc) is 2.14. The molecule has 0 spiro atoms. The second-order valence-electron chi connectivity index (χ2n) is 5.08. The summed E-state index contributed by atoms with van der Waals surface area (Å²) in [5.41, 5.74) is -0.222. The number of aliphatic hydroxyl groups excluding tert-OH is 2. The minimum atomic E-state index is -0.434. The van der Waals surface area contributed by atoms with Crippen molar-refractivity contribution in [2.24, 2.45) is 5.41 Å². The molecule has 1 aliphatic rings. The molecule has 0 heterocycles. The summed E-state index contributed by atoms with van der Waals surface area (Å²) in [6.45, 7) is 5.56. The van der Waals surface area contributed by atoms with Crippen molar-refractivity contribution < 1.29 is 15.0 Å². The summed E-state index contributed by atoms with van der Waals surface area (Å²) < 4.78 is 0. The van der Waals surface area contributed by atoms with Gasteiger partial charge in [-0.1, -0.05) is 13.8 Å². The number of hydrogen-bond acceptors (Lipinski definition) is 3. The fourth-order valence-corrected chi connectivity index (χ4v) is 1.75. The number of carbonyl (C=O) groups is 1. The van der Waals surface area contributed by atoms with Gasteiger partial charge < -0.3 is 15.5 Å². The molecule has 1 fully saturated rings. The van der Waals surface area contributed by atoms with Gasteiger partial charge in [-0.15, -0.1) is 0 Å². The molecule has 1 aliphatic carbocycles. The van der Waals surface area contributed by atoms with Crippen molar-refractivity contribution in [1.29, 1.82) is 0 Å². The van der Waals surface area contributed by atoms with Crippen LogP contribution in [0.2, 0.25) is 0 Å². The molecule has 4 heteroatoms. The number of aliphatic hydroxyl groups is 2. The highest BCUT2D eigenvalue weighted by molar-refractivity contribution is 5.76. The van der Waals surface area contributed by atoms with Crippen molar-refractivity contribution in [3.8, 4) is 0 Å². The van der Waals surface area contributed by atoms with Crippen molar-refractivity contribution in [3.63, 3.8) is 0 Å². The Kier molecular flexibility index (Phi) is 3.73. The van der Waals surface area contributed by atoms with E-state index in [9.17, 15) is 9.90 Å². The molecular formula is C11H21NO3. The van der Waals surface area contributed by atoms with Gasteiger partial charge in [-0.3, -0.25) is 4.79 Å². The summed E-state index contributed by atoms with van der Waals surface area (Å²) >= 11 is 0. The summed E-state index contributed by atoms with van der Waals surface area (Å²) in [5.74, 6) is -0.0409. The summed E-state index contributed by atoms with van der Waals surface area (Å²) in [6.07, 6.45) is 0.713. The molecule has 1 rings (SSSR count). The van der Waals surface area contributed by atoms with Crippen LogP contribution in [-0.2, 0) is 4.79 Å². The van der Waals surface area contributed by atoms with Gasteiger partial charge in [0.1, 0.15) is 0 Å². The van der Waals surface area contributed by atoms with E-state index in [1.54, 1.807) is 6.92 Å². The molecule has 4 nitrogen and oxygen atoms in total. The first kappa shape index (κ1) is 12.5. The lowest BCUT2D eigenvalue weighted by Gasteiger charge is -2.49. The van der Waals surface area contributed by atoms with Gasteiger partial charge in [-0.25, -0.2) is 0 Å². The predicted molar refractivity (Wildman–Crippen MR) is 57.3 cm³/mol. The maximum atomic E-state index is 11.4. The van der Waals surface area contributed by atoms with E-state index in [-0.39, 0.29) is 23.5 Å². The Morgan fingerprint density at radius 2 is 2.20 bits per heavy atom. The topological polar surface area (TPSA) is 69.6 Å². The zero-order chi connectivity index (χ0) is 11.6. The lowest BCUT2D eigenvalue weighted by atomic mass is 9.64. The van der Waals surface area contributed by atoms with Gasteiger partial charge in [-0.2, -0.15) is 0 Å². The van der Waals surface area contributed by atoms with Crippen LogP contribution in [0.5, 0.6) is 0 Å². The van der Waals surface area contributed by atoms with Crippen LogP contribution in [-0.4, -0.2) is 34.4 Å². The highest BCUT2D eigenvalue weighted by atomic mass is 16.3. The standard InChI is InChI=1S/C11H21NO3/c1-7(13)4-5-10(15)12-8-6-9(14)11(8,2)3/h7-9,13-14H,4-6H2,1-3H3,(H,12,15). The molecule has 15 heavy (non-hydrogen) atoms. The highest BCUT2D eigenvalue weighted by Gasteiger charge is 2.47.